The molecular weight excluding hydrogens is 268 g/mol. The number of carbonyl (C=O) groups excluding carboxylic acids is 1. The molecule has 0 N–H and O–H groups in total. The van der Waals surface area contributed by atoms with E-state index in [1.165, 1.54) is 37.8 Å². The number of nitrogens with zero attached hydrogens (tertiary/aromatic N) is 2. The van der Waals surface area contributed by atoms with Crippen molar-refractivity contribution in [2.24, 2.45) is 11.8 Å². The van der Waals surface area contributed by atoms with Crippen molar-refractivity contribution >= 4 is 11.6 Å². The van der Waals surface area contributed by atoms with E-state index in [2.05, 4.69) is 0 Å². The Morgan fingerprint density at radius 1 is 1.19 bits per heavy atom. The zero-order valence-corrected chi connectivity index (χ0v) is 12.0. The van der Waals surface area contributed by atoms with Crippen molar-refractivity contribution < 1.29 is 9.72 Å². The van der Waals surface area contributed by atoms with Gasteiger partial charge in [-0.2, -0.15) is 0 Å². The maximum Gasteiger partial charge on any atom is 0.270 e. The molecule has 1 aromatic carbocycles. The Morgan fingerprint density at radius 2 is 1.95 bits per heavy atom. The molecule has 0 spiro atoms. The molecule has 3 rings (SSSR count). The van der Waals surface area contributed by atoms with Crippen LogP contribution in [0.5, 0.6) is 0 Å². The van der Waals surface area contributed by atoms with Gasteiger partial charge in [-0.25, -0.2) is 0 Å². The summed E-state index contributed by atoms with van der Waals surface area (Å²) in [6, 6.07) is 6.06. The highest BCUT2D eigenvalue weighted by molar-refractivity contribution is 5.94. The molecule has 1 amide bonds. The number of fused-ring (bicyclic) bond motifs is 1. The quantitative estimate of drug-likeness (QED) is 0.620. The molecule has 5 heteroatoms. The molecule has 0 aromatic heterocycles. The van der Waals surface area contributed by atoms with E-state index in [0.29, 0.717) is 11.5 Å². The van der Waals surface area contributed by atoms with E-state index in [-0.39, 0.29) is 11.6 Å². The third kappa shape index (κ3) is 2.91. The van der Waals surface area contributed by atoms with Gasteiger partial charge in [0.1, 0.15) is 0 Å². The lowest BCUT2D eigenvalue weighted by Crippen LogP contribution is -2.44. The van der Waals surface area contributed by atoms with Crippen molar-refractivity contribution in [2.75, 3.05) is 13.1 Å². The number of piperidine rings is 1. The largest absolute Gasteiger partial charge is 0.338 e. The smallest absolute Gasteiger partial charge is 0.270 e. The summed E-state index contributed by atoms with van der Waals surface area (Å²) >= 11 is 0. The van der Waals surface area contributed by atoms with E-state index in [9.17, 15) is 14.9 Å². The van der Waals surface area contributed by atoms with Crippen LogP contribution in [0, 0.1) is 22.0 Å². The van der Waals surface area contributed by atoms with Crippen LogP contribution in [0.15, 0.2) is 24.3 Å². The number of nitro groups is 1. The lowest BCUT2D eigenvalue weighted by molar-refractivity contribution is -0.384. The van der Waals surface area contributed by atoms with Crippen LogP contribution >= 0.6 is 0 Å². The zero-order chi connectivity index (χ0) is 14.8. The number of nitro benzene ring substituents is 1. The molecule has 0 bridgehead atoms. The van der Waals surface area contributed by atoms with Crippen LogP contribution in [0.25, 0.3) is 0 Å². The lowest BCUT2D eigenvalue weighted by Gasteiger charge is -2.41. The molecule has 1 heterocycles. The summed E-state index contributed by atoms with van der Waals surface area (Å²) in [4.78, 5) is 24.8. The minimum atomic E-state index is -0.454. The Morgan fingerprint density at radius 3 is 2.71 bits per heavy atom. The van der Waals surface area contributed by atoms with Gasteiger partial charge >= 0.3 is 0 Å². The maximum absolute atomic E-state index is 12.6. The first kappa shape index (κ1) is 14.0. The second-order valence-corrected chi connectivity index (χ2v) is 6.15. The van der Waals surface area contributed by atoms with Gasteiger partial charge in [0.25, 0.3) is 11.6 Å². The molecule has 1 saturated heterocycles. The number of benzene rings is 1. The lowest BCUT2D eigenvalue weighted by atomic mass is 9.75. The fraction of sp³-hybridized carbons (Fsp3) is 0.562. The Labute approximate surface area is 124 Å². The summed E-state index contributed by atoms with van der Waals surface area (Å²) in [6.45, 7) is 1.59. The van der Waals surface area contributed by atoms with Crippen molar-refractivity contribution in [2.45, 2.75) is 32.1 Å². The predicted octanol–water partition coefficient (Wildman–Crippen LogP) is 3.25. The zero-order valence-electron chi connectivity index (χ0n) is 12.0. The van der Waals surface area contributed by atoms with E-state index in [1.807, 2.05) is 4.90 Å². The molecule has 1 aliphatic carbocycles. The van der Waals surface area contributed by atoms with Crippen LogP contribution in [0.4, 0.5) is 5.69 Å². The molecule has 1 saturated carbocycles. The summed E-state index contributed by atoms with van der Waals surface area (Å²) < 4.78 is 0. The van der Waals surface area contributed by atoms with Crippen LogP contribution < -0.4 is 0 Å². The Bertz CT molecular complexity index is 558. The van der Waals surface area contributed by atoms with E-state index in [1.54, 1.807) is 12.1 Å². The molecular formula is C16H20N2O3. The molecule has 1 aromatic rings. The van der Waals surface area contributed by atoms with E-state index < -0.39 is 4.92 Å². The van der Waals surface area contributed by atoms with Crippen molar-refractivity contribution in [1.82, 2.24) is 4.90 Å². The van der Waals surface area contributed by atoms with Gasteiger partial charge in [-0.3, -0.25) is 14.9 Å². The molecule has 112 valence electrons. The second kappa shape index (κ2) is 5.84. The molecule has 5 nitrogen and oxygen atoms in total. The van der Waals surface area contributed by atoms with E-state index >= 15 is 0 Å². The average Bonchev–Trinajstić information content (AvgIpc) is 2.53. The van der Waals surface area contributed by atoms with Gasteiger partial charge in [-0.15, -0.1) is 0 Å². The van der Waals surface area contributed by atoms with E-state index in [0.717, 1.165) is 25.4 Å². The third-order valence-electron chi connectivity index (χ3n) is 4.88. The monoisotopic (exact) mass is 288 g/mol. The number of carbonyl (C=O) groups is 1. The minimum Gasteiger partial charge on any atom is -0.338 e. The van der Waals surface area contributed by atoms with Crippen molar-refractivity contribution in [3.63, 3.8) is 0 Å². The topological polar surface area (TPSA) is 63.4 Å². The summed E-state index contributed by atoms with van der Waals surface area (Å²) in [5.74, 6) is 1.32. The standard InChI is InChI=1S/C16H20N2O3/c19-16(13-6-3-7-15(10-13)18(20)21)17-9-8-12-4-1-2-5-14(12)11-17/h3,6-7,10,12,14H,1-2,4-5,8-9,11H2. The molecule has 21 heavy (non-hydrogen) atoms. The van der Waals surface area contributed by atoms with Gasteiger partial charge in [-0.1, -0.05) is 25.3 Å². The van der Waals surface area contributed by atoms with Gasteiger partial charge in [0.2, 0.25) is 0 Å². The van der Waals surface area contributed by atoms with Gasteiger partial charge in [-0.05, 0) is 30.7 Å². The summed E-state index contributed by atoms with van der Waals surface area (Å²) in [7, 11) is 0. The van der Waals surface area contributed by atoms with Gasteiger partial charge in [0, 0.05) is 30.8 Å². The van der Waals surface area contributed by atoms with E-state index in [4.69, 9.17) is 0 Å². The second-order valence-electron chi connectivity index (χ2n) is 6.15. The molecule has 2 aliphatic rings. The highest BCUT2D eigenvalue weighted by Crippen LogP contribution is 2.36. The number of hydrogen-bond acceptors (Lipinski definition) is 3. The highest BCUT2D eigenvalue weighted by Gasteiger charge is 2.33. The van der Waals surface area contributed by atoms with Gasteiger partial charge < -0.3 is 4.90 Å². The number of amides is 1. The first-order chi connectivity index (χ1) is 10.1. The Balaban J connectivity index is 1.73. The van der Waals surface area contributed by atoms with Crippen LogP contribution in [-0.2, 0) is 0 Å². The van der Waals surface area contributed by atoms with Crippen LogP contribution in [0.3, 0.4) is 0 Å². The highest BCUT2D eigenvalue weighted by atomic mass is 16.6. The Kier molecular flexibility index (Phi) is 3.90. The van der Waals surface area contributed by atoms with Crippen molar-refractivity contribution in [3.8, 4) is 0 Å². The van der Waals surface area contributed by atoms with Crippen LogP contribution in [0.1, 0.15) is 42.5 Å². The number of likely N-dealkylation sites (tertiary alicyclic amines) is 1. The predicted molar refractivity (Wildman–Crippen MR) is 79.1 cm³/mol. The fourth-order valence-electron chi connectivity index (χ4n) is 3.72. The molecule has 2 unspecified atom stereocenters. The van der Waals surface area contributed by atoms with Gasteiger partial charge in [0.05, 0.1) is 4.92 Å². The first-order valence-electron chi connectivity index (χ1n) is 7.69. The van der Waals surface area contributed by atoms with Gasteiger partial charge in [0.15, 0.2) is 0 Å². The first-order valence-corrected chi connectivity index (χ1v) is 7.69. The average molecular weight is 288 g/mol. The Hall–Kier alpha value is -1.91. The third-order valence-corrected chi connectivity index (χ3v) is 4.88. The van der Waals surface area contributed by atoms with Crippen molar-refractivity contribution in [3.05, 3.63) is 39.9 Å². The molecule has 0 radical (unpaired) electrons. The summed E-state index contributed by atoms with van der Waals surface area (Å²) in [5, 5.41) is 10.8. The SMILES string of the molecule is O=C(c1cccc([N+](=O)[O-])c1)N1CCC2CCCCC2C1. The number of non-ortho nitro benzene ring substituents is 1. The molecule has 1 aliphatic heterocycles. The fourth-order valence-corrected chi connectivity index (χ4v) is 3.72. The molecule has 2 fully saturated rings. The maximum atomic E-state index is 12.6. The minimum absolute atomic E-state index is 0.0200. The van der Waals surface area contributed by atoms with Crippen molar-refractivity contribution in [1.29, 1.82) is 0 Å². The normalized spacial score (nSPS) is 25.2. The summed E-state index contributed by atoms with van der Waals surface area (Å²) in [5.41, 5.74) is 0.409. The molecule has 2 atom stereocenters. The number of hydrogen-bond donors (Lipinski definition) is 0. The van der Waals surface area contributed by atoms with Crippen LogP contribution in [0.2, 0.25) is 0 Å². The number of rotatable bonds is 2. The summed E-state index contributed by atoms with van der Waals surface area (Å²) in [6.07, 6.45) is 6.16. The van der Waals surface area contributed by atoms with Crippen LogP contribution in [-0.4, -0.2) is 28.8 Å².